The van der Waals surface area contributed by atoms with E-state index in [9.17, 15) is 4.79 Å². The fourth-order valence-corrected chi connectivity index (χ4v) is 3.18. The van der Waals surface area contributed by atoms with Crippen LogP contribution in [0.25, 0.3) is 0 Å². The van der Waals surface area contributed by atoms with E-state index >= 15 is 0 Å². The van der Waals surface area contributed by atoms with E-state index in [1.165, 1.54) is 5.56 Å². The molecule has 0 bridgehead atoms. The molecule has 3 atom stereocenters. The first-order valence-electron chi connectivity index (χ1n) is 8.95. The topological polar surface area (TPSA) is 76.8 Å². The summed E-state index contributed by atoms with van der Waals surface area (Å²) in [5.41, 5.74) is 7.90. The van der Waals surface area contributed by atoms with Gasteiger partial charge in [-0.25, -0.2) is 0 Å². The standard InChI is InChI=1S/C19H31N3O3/c1-14-11-22(12-15(2)25-14)13-17-6-4-16(5-7-17)10-21-19(23)8-18(9-20)24-3/h4-7,14-15,18H,8-13,20H2,1-3H3,(H,21,23). The molecular weight excluding hydrogens is 318 g/mol. The Bertz CT molecular complexity index is 521. The predicted octanol–water partition coefficient (Wildman–Crippen LogP) is 1.28. The molecule has 6 nitrogen and oxygen atoms in total. The van der Waals surface area contributed by atoms with Crippen molar-refractivity contribution in [3.63, 3.8) is 0 Å². The average Bonchev–Trinajstić information content (AvgIpc) is 2.58. The number of nitrogens with two attached hydrogens (primary N) is 1. The number of methoxy groups -OCH3 is 1. The second kappa shape index (κ2) is 9.87. The van der Waals surface area contributed by atoms with Crippen molar-refractivity contribution < 1.29 is 14.3 Å². The van der Waals surface area contributed by atoms with Gasteiger partial charge in [-0.15, -0.1) is 0 Å². The van der Waals surface area contributed by atoms with Crippen molar-refractivity contribution in [2.24, 2.45) is 5.73 Å². The zero-order valence-electron chi connectivity index (χ0n) is 15.5. The highest BCUT2D eigenvalue weighted by Gasteiger charge is 2.21. The number of rotatable bonds is 8. The zero-order chi connectivity index (χ0) is 18.2. The van der Waals surface area contributed by atoms with Crippen LogP contribution in [0.15, 0.2) is 24.3 Å². The summed E-state index contributed by atoms with van der Waals surface area (Å²) in [7, 11) is 1.57. The van der Waals surface area contributed by atoms with E-state index in [0.717, 1.165) is 25.2 Å². The van der Waals surface area contributed by atoms with Gasteiger partial charge in [-0.05, 0) is 25.0 Å². The second-order valence-electron chi connectivity index (χ2n) is 6.84. The third-order valence-corrected chi connectivity index (χ3v) is 4.42. The van der Waals surface area contributed by atoms with Crippen molar-refractivity contribution >= 4 is 5.91 Å². The van der Waals surface area contributed by atoms with Crippen molar-refractivity contribution in [3.8, 4) is 0 Å². The molecule has 25 heavy (non-hydrogen) atoms. The molecule has 1 fully saturated rings. The molecule has 3 N–H and O–H groups in total. The Balaban J connectivity index is 1.78. The van der Waals surface area contributed by atoms with Crippen LogP contribution < -0.4 is 11.1 Å². The quantitative estimate of drug-likeness (QED) is 0.739. The first-order valence-corrected chi connectivity index (χ1v) is 8.95. The molecule has 2 rings (SSSR count). The Morgan fingerprint density at radius 2 is 1.88 bits per heavy atom. The molecule has 3 unspecified atom stereocenters. The van der Waals surface area contributed by atoms with E-state index in [-0.39, 0.29) is 24.2 Å². The SMILES string of the molecule is COC(CN)CC(=O)NCc1ccc(CN2CC(C)OC(C)C2)cc1. The number of carbonyl (C=O) groups excluding carboxylic acids is 1. The van der Waals surface area contributed by atoms with Gasteiger partial charge in [-0.2, -0.15) is 0 Å². The molecule has 0 aliphatic carbocycles. The molecule has 0 radical (unpaired) electrons. The third-order valence-electron chi connectivity index (χ3n) is 4.42. The zero-order valence-corrected chi connectivity index (χ0v) is 15.5. The highest BCUT2D eigenvalue weighted by atomic mass is 16.5. The maximum Gasteiger partial charge on any atom is 0.222 e. The van der Waals surface area contributed by atoms with Crippen LogP contribution in [0.3, 0.4) is 0 Å². The van der Waals surface area contributed by atoms with Crippen LogP contribution in [0.5, 0.6) is 0 Å². The smallest absolute Gasteiger partial charge is 0.222 e. The fraction of sp³-hybridized carbons (Fsp3) is 0.632. The molecule has 1 aliphatic heterocycles. The molecule has 6 heteroatoms. The molecule has 1 saturated heterocycles. The van der Waals surface area contributed by atoms with Crippen LogP contribution in [0.1, 0.15) is 31.4 Å². The fourth-order valence-electron chi connectivity index (χ4n) is 3.18. The lowest BCUT2D eigenvalue weighted by atomic mass is 10.1. The molecule has 0 saturated carbocycles. The van der Waals surface area contributed by atoms with Crippen LogP contribution >= 0.6 is 0 Å². The molecule has 1 aliphatic rings. The van der Waals surface area contributed by atoms with Gasteiger partial charge in [0.25, 0.3) is 0 Å². The lowest BCUT2D eigenvalue weighted by Crippen LogP contribution is -2.44. The van der Waals surface area contributed by atoms with E-state index in [0.29, 0.717) is 19.5 Å². The van der Waals surface area contributed by atoms with Gasteiger partial charge >= 0.3 is 0 Å². The summed E-state index contributed by atoms with van der Waals surface area (Å²) in [5.74, 6) is -0.0438. The van der Waals surface area contributed by atoms with E-state index in [1.807, 2.05) is 0 Å². The van der Waals surface area contributed by atoms with Crippen molar-refractivity contribution in [2.75, 3.05) is 26.7 Å². The number of carbonyl (C=O) groups is 1. The second-order valence-corrected chi connectivity index (χ2v) is 6.84. The summed E-state index contributed by atoms with van der Waals surface area (Å²) in [6.45, 7) is 7.95. The van der Waals surface area contributed by atoms with Gasteiger partial charge in [0.2, 0.25) is 5.91 Å². The van der Waals surface area contributed by atoms with Gasteiger partial charge < -0.3 is 20.5 Å². The van der Waals surface area contributed by atoms with Crippen LogP contribution in [-0.4, -0.2) is 55.9 Å². The monoisotopic (exact) mass is 349 g/mol. The van der Waals surface area contributed by atoms with Gasteiger partial charge in [0.15, 0.2) is 0 Å². The molecule has 140 valence electrons. The molecule has 1 heterocycles. The number of hydrogen-bond acceptors (Lipinski definition) is 5. The van der Waals surface area contributed by atoms with E-state index in [4.69, 9.17) is 15.2 Å². The number of ether oxygens (including phenoxy) is 2. The minimum Gasteiger partial charge on any atom is -0.380 e. The highest BCUT2D eigenvalue weighted by molar-refractivity contribution is 5.76. The Labute approximate surface area is 150 Å². The first-order chi connectivity index (χ1) is 12.0. The van der Waals surface area contributed by atoms with Crippen molar-refractivity contribution in [2.45, 2.75) is 51.7 Å². The highest BCUT2D eigenvalue weighted by Crippen LogP contribution is 2.14. The van der Waals surface area contributed by atoms with Gasteiger partial charge in [-0.3, -0.25) is 9.69 Å². The number of morpholine rings is 1. The summed E-state index contributed by atoms with van der Waals surface area (Å²) >= 11 is 0. The molecule has 1 aromatic carbocycles. The lowest BCUT2D eigenvalue weighted by molar-refractivity contribution is -0.123. The van der Waals surface area contributed by atoms with Gasteiger partial charge in [-0.1, -0.05) is 24.3 Å². The minimum atomic E-state index is -0.222. The van der Waals surface area contributed by atoms with Gasteiger partial charge in [0.1, 0.15) is 0 Å². The summed E-state index contributed by atoms with van der Waals surface area (Å²) in [6.07, 6.45) is 0.629. The summed E-state index contributed by atoms with van der Waals surface area (Å²) in [6, 6.07) is 8.40. The van der Waals surface area contributed by atoms with Crippen molar-refractivity contribution in [1.29, 1.82) is 0 Å². The van der Waals surface area contributed by atoms with Crippen LogP contribution in [0.2, 0.25) is 0 Å². The molecule has 0 spiro atoms. The van der Waals surface area contributed by atoms with Crippen molar-refractivity contribution in [3.05, 3.63) is 35.4 Å². The minimum absolute atomic E-state index is 0.0438. The maximum atomic E-state index is 11.9. The number of benzene rings is 1. The average molecular weight is 349 g/mol. The lowest BCUT2D eigenvalue weighted by Gasteiger charge is -2.35. The molecule has 1 aromatic rings. The van der Waals surface area contributed by atoms with E-state index in [1.54, 1.807) is 7.11 Å². The summed E-state index contributed by atoms with van der Waals surface area (Å²) in [5, 5.41) is 2.91. The van der Waals surface area contributed by atoms with Crippen LogP contribution in [0.4, 0.5) is 0 Å². The van der Waals surface area contributed by atoms with Crippen LogP contribution in [-0.2, 0) is 27.4 Å². The first kappa shape index (κ1) is 19.8. The maximum absolute atomic E-state index is 11.9. The number of hydrogen-bond donors (Lipinski definition) is 2. The molecular formula is C19H31N3O3. The Hall–Kier alpha value is -1.47. The number of nitrogens with one attached hydrogen (secondary N) is 1. The van der Waals surface area contributed by atoms with E-state index in [2.05, 4.69) is 48.3 Å². The largest absolute Gasteiger partial charge is 0.380 e. The van der Waals surface area contributed by atoms with Crippen molar-refractivity contribution in [1.82, 2.24) is 10.2 Å². The molecule has 0 aromatic heterocycles. The van der Waals surface area contributed by atoms with Crippen LogP contribution in [0, 0.1) is 0 Å². The normalized spacial score (nSPS) is 22.6. The third kappa shape index (κ3) is 6.74. The predicted molar refractivity (Wildman–Crippen MR) is 98.0 cm³/mol. The Morgan fingerprint density at radius 1 is 1.28 bits per heavy atom. The number of nitrogens with zero attached hydrogens (tertiary/aromatic N) is 1. The Kier molecular flexibility index (Phi) is 7.84. The van der Waals surface area contributed by atoms with E-state index < -0.39 is 0 Å². The Morgan fingerprint density at radius 3 is 2.44 bits per heavy atom. The van der Waals surface area contributed by atoms with Gasteiger partial charge in [0, 0.05) is 39.8 Å². The summed E-state index contributed by atoms with van der Waals surface area (Å²) < 4.78 is 10.9. The number of amides is 1. The van der Waals surface area contributed by atoms with Gasteiger partial charge in [0.05, 0.1) is 24.7 Å². The molecule has 1 amide bonds. The summed E-state index contributed by atoms with van der Waals surface area (Å²) in [4.78, 5) is 14.3.